The first-order valence-electron chi connectivity index (χ1n) is 4.62. The molecule has 1 aromatic carbocycles. The lowest BCUT2D eigenvalue weighted by Gasteiger charge is -2.13. The van der Waals surface area contributed by atoms with Crippen molar-refractivity contribution < 1.29 is 4.79 Å². The molecule has 0 unspecified atom stereocenters. The number of hydrogen-bond donors (Lipinski definition) is 2. The number of benzene rings is 1. The smallest absolute Gasteiger partial charge is 0.319 e. The summed E-state index contributed by atoms with van der Waals surface area (Å²) >= 11 is 10.1. The minimum atomic E-state index is -0.223. The fourth-order valence-corrected chi connectivity index (χ4v) is 3.53. The average Bonchev–Trinajstić information content (AvgIpc) is 2.09. The largest absolute Gasteiger partial charge is 0.336 e. The Bertz CT molecular complexity index is 384. The number of carbonyl (C=O) groups excluding carboxylic acids is 1. The van der Waals surface area contributed by atoms with Crippen molar-refractivity contribution in [1.29, 1.82) is 0 Å². The van der Waals surface area contributed by atoms with Crippen molar-refractivity contribution in [2.24, 2.45) is 0 Å². The first-order valence-corrected chi connectivity index (χ1v) is 7.00. The number of rotatable bonds is 2. The number of halogens is 3. The van der Waals surface area contributed by atoms with Gasteiger partial charge in [0.1, 0.15) is 0 Å². The third-order valence-corrected chi connectivity index (χ3v) is 3.37. The van der Waals surface area contributed by atoms with Gasteiger partial charge in [-0.15, -0.1) is 0 Å². The third kappa shape index (κ3) is 4.07. The van der Waals surface area contributed by atoms with E-state index in [2.05, 4.69) is 58.4 Å². The third-order valence-electron chi connectivity index (χ3n) is 1.67. The molecule has 2 amide bonds. The summed E-state index contributed by atoms with van der Waals surface area (Å²) < 4.78 is 2.56. The minimum Gasteiger partial charge on any atom is -0.336 e. The van der Waals surface area contributed by atoms with E-state index in [-0.39, 0.29) is 12.1 Å². The minimum absolute atomic E-state index is 0.105. The summed E-state index contributed by atoms with van der Waals surface area (Å²) in [6.07, 6.45) is 0. The molecule has 0 aliphatic carbocycles. The van der Waals surface area contributed by atoms with Crippen LogP contribution in [-0.2, 0) is 0 Å². The highest BCUT2D eigenvalue weighted by Gasteiger charge is 2.10. The van der Waals surface area contributed by atoms with Crippen molar-refractivity contribution in [2.45, 2.75) is 19.9 Å². The van der Waals surface area contributed by atoms with Gasteiger partial charge in [0.25, 0.3) is 0 Å². The molecule has 0 saturated heterocycles. The molecule has 1 aromatic rings. The molecule has 88 valence electrons. The van der Waals surface area contributed by atoms with Crippen LogP contribution in [0, 0.1) is 0 Å². The van der Waals surface area contributed by atoms with Crippen LogP contribution < -0.4 is 10.6 Å². The van der Waals surface area contributed by atoms with E-state index in [1.54, 1.807) is 0 Å². The number of urea groups is 1. The van der Waals surface area contributed by atoms with Gasteiger partial charge in [0.15, 0.2) is 0 Å². The quantitative estimate of drug-likeness (QED) is 0.734. The van der Waals surface area contributed by atoms with Gasteiger partial charge < -0.3 is 10.6 Å². The topological polar surface area (TPSA) is 41.1 Å². The van der Waals surface area contributed by atoms with Crippen molar-refractivity contribution in [3.63, 3.8) is 0 Å². The molecule has 0 aliphatic heterocycles. The van der Waals surface area contributed by atoms with E-state index in [0.717, 1.165) is 13.4 Å². The van der Waals surface area contributed by atoms with Crippen LogP contribution in [0.4, 0.5) is 10.5 Å². The van der Waals surface area contributed by atoms with E-state index in [9.17, 15) is 4.79 Å². The van der Waals surface area contributed by atoms with Crippen LogP contribution in [0.15, 0.2) is 25.6 Å². The molecule has 0 bridgehead atoms. The molecule has 16 heavy (non-hydrogen) atoms. The predicted octanol–water partition coefficient (Wildman–Crippen LogP) is 4.50. The fraction of sp³-hybridized carbons (Fsp3) is 0.300. The van der Waals surface area contributed by atoms with Gasteiger partial charge in [0.05, 0.1) is 5.69 Å². The number of amides is 2. The second kappa shape index (κ2) is 6.02. The monoisotopic (exact) mass is 412 g/mol. The van der Waals surface area contributed by atoms with E-state index in [1.807, 2.05) is 26.0 Å². The molecule has 0 aliphatic rings. The summed E-state index contributed by atoms with van der Waals surface area (Å²) in [6, 6.07) is 3.62. The van der Waals surface area contributed by atoms with Crippen LogP contribution in [0.2, 0.25) is 0 Å². The van der Waals surface area contributed by atoms with E-state index in [4.69, 9.17) is 0 Å². The standard InChI is InChI=1S/C10H11Br3N2O/c1-5(2)14-10(16)15-9-7(12)3-6(11)4-8(9)13/h3-5H,1-2H3,(H2,14,15,16). The van der Waals surface area contributed by atoms with Crippen LogP contribution in [0.5, 0.6) is 0 Å². The number of carbonyl (C=O) groups is 1. The lowest BCUT2D eigenvalue weighted by atomic mass is 10.3. The highest BCUT2D eigenvalue weighted by atomic mass is 79.9. The van der Waals surface area contributed by atoms with E-state index >= 15 is 0 Å². The van der Waals surface area contributed by atoms with Crippen molar-refractivity contribution in [3.8, 4) is 0 Å². The molecule has 0 spiro atoms. The molecule has 1 rings (SSSR count). The maximum Gasteiger partial charge on any atom is 0.319 e. The maximum atomic E-state index is 11.5. The van der Waals surface area contributed by atoms with Crippen molar-refractivity contribution in [3.05, 3.63) is 25.6 Å². The Morgan fingerprint density at radius 1 is 1.19 bits per heavy atom. The van der Waals surface area contributed by atoms with Crippen LogP contribution >= 0.6 is 47.8 Å². The molecular formula is C10H11Br3N2O. The van der Waals surface area contributed by atoms with Gasteiger partial charge in [0, 0.05) is 19.5 Å². The summed E-state index contributed by atoms with van der Waals surface area (Å²) in [7, 11) is 0. The van der Waals surface area contributed by atoms with Gasteiger partial charge in [-0.1, -0.05) is 15.9 Å². The van der Waals surface area contributed by atoms with Gasteiger partial charge in [-0.2, -0.15) is 0 Å². The Labute approximate surface area is 120 Å². The molecular weight excluding hydrogens is 404 g/mol. The summed E-state index contributed by atoms with van der Waals surface area (Å²) in [5.41, 5.74) is 0.710. The Morgan fingerprint density at radius 3 is 2.12 bits per heavy atom. The van der Waals surface area contributed by atoms with Crippen molar-refractivity contribution in [2.75, 3.05) is 5.32 Å². The summed E-state index contributed by atoms with van der Waals surface area (Å²) in [6.45, 7) is 3.82. The molecule has 0 aromatic heterocycles. The van der Waals surface area contributed by atoms with Crippen molar-refractivity contribution >= 4 is 59.5 Å². The molecule has 0 saturated carbocycles. The van der Waals surface area contributed by atoms with Crippen LogP contribution in [-0.4, -0.2) is 12.1 Å². The normalized spacial score (nSPS) is 10.4. The van der Waals surface area contributed by atoms with Crippen LogP contribution in [0.1, 0.15) is 13.8 Å². The Balaban J connectivity index is 2.85. The van der Waals surface area contributed by atoms with E-state index in [0.29, 0.717) is 5.69 Å². The average molecular weight is 415 g/mol. The predicted molar refractivity (Wildman–Crippen MR) is 76.8 cm³/mol. The zero-order valence-electron chi connectivity index (χ0n) is 8.77. The fourth-order valence-electron chi connectivity index (χ4n) is 1.07. The Morgan fingerprint density at radius 2 is 1.69 bits per heavy atom. The summed E-state index contributed by atoms with van der Waals surface area (Å²) in [5, 5.41) is 5.53. The lowest BCUT2D eigenvalue weighted by Crippen LogP contribution is -2.34. The van der Waals surface area contributed by atoms with Gasteiger partial charge in [0.2, 0.25) is 0 Å². The molecule has 0 heterocycles. The van der Waals surface area contributed by atoms with Gasteiger partial charge >= 0.3 is 6.03 Å². The van der Waals surface area contributed by atoms with Crippen LogP contribution in [0.3, 0.4) is 0 Å². The van der Waals surface area contributed by atoms with Gasteiger partial charge in [-0.05, 0) is 57.8 Å². The Kier molecular flexibility index (Phi) is 5.27. The first kappa shape index (κ1) is 14.0. The summed E-state index contributed by atoms with van der Waals surface area (Å²) in [5.74, 6) is 0. The molecule has 0 fully saturated rings. The SMILES string of the molecule is CC(C)NC(=O)Nc1c(Br)cc(Br)cc1Br. The maximum absolute atomic E-state index is 11.5. The zero-order valence-corrected chi connectivity index (χ0v) is 13.5. The molecule has 3 nitrogen and oxygen atoms in total. The zero-order chi connectivity index (χ0) is 12.3. The van der Waals surface area contributed by atoms with Crippen LogP contribution in [0.25, 0.3) is 0 Å². The number of hydrogen-bond acceptors (Lipinski definition) is 1. The second-order valence-corrected chi connectivity index (χ2v) is 6.12. The lowest BCUT2D eigenvalue weighted by molar-refractivity contribution is 0.250. The second-order valence-electron chi connectivity index (χ2n) is 3.50. The molecule has 2 N–H and O–H groups in total. The van der Waals surface area contributed by atoms with E-state index < -0.39 is 0 Å². The van der Waals surface area contributed by atoms with E-state index in [1.165, 1.54) is 0 Å². The molecule has 6 heteroatoms. The molecule has 0 atom stereocenters. The van der Waals surface area contributed by atoms with Gasteiger partial charge in [-0.3, -0.25) is 0 Å². The highest BCUT2D eigenvalue weighted by Crippen LogP contribution is 2.34. The molecule has 0 radical (unpaired) electrons. The first-order chi connectivity index (χ1) is 7.40. The number of anilines is 1. The highest BCUT2D eigenvalue weighted by molar-refractivity contribution is 9.11. The van der Waals surface area contributed by atoms with Crippen molar-refractivity contribution in [1.82, 2.24) is 5.32 Å². The number of nitrogens with one attached hydrogen (secondary N) is 2. The summed E-state index contributed by atoms with van der Waals surface area (Å²) in [4.78, 5) is 11.5. The van der Waals surface area contributed by atoms with Gasteiger partial charge in [-0.25, -0.2) is 4.79 Å². The Hall–Kier alpha value is -0.0700.